The van der Waals surface area contributed by atoms with Crippen LogP contribution in [-0.4, -0.2) is 23.8 Å². The summed E-state index contributed by atoms with van der Waals surface area (Å²) in [5, 5.41) is 0.785. The highest BCUT2D eigenvalue weighted by Crippen LogP contribution is 2.23. The first kappa shape index (κ1) is 19.2. The van der Waals surface area contributed by atoms with Crippen LogP contribution in [0.2, 0.25) is 0 Å². The van der Waals surface area contributed by atoms with E-state index in [4.69, 9.17) is 0 Å². The molecule has 0 saturated carbocycles. The topological polar surface area (TPSA) is 20.3 Å². The molecular formula is C22H27FNOP. The normalized spacial score (nSPS) is 18.5. The van der Waals surface area contributed by atoms with Crippen LogP contribution in [0.3, 0.4) is 0 Å². The third-order valence-corrected chi connectivity index (χ3v) is 5.78. The molecule has 0 N–H and O–H groups in total. The van der Waals surface area contributed by atoms with E-state index in [2.05, 4.69) is 38.4 Å². The van der Waals surface area contributed by atoms with Crippen LogP contribution in [-0.2, 0) is 17.8 Å². The fraction of sp³-hybridized carbons (Fsp3) is 0.409. The smallest absolute Gasteiger partial charge is 0.137 e. The maximum absolute atomic E-state index is 13.9. The molecule has 2 nitrogen and oxygen atoms in total. The second-order valence-electron chi connectivity index (χ2n) is 7.29. The monoisotopic (exact) mass is 371 g/mol. The van der Waals surface area contributed by atoms with Gasteiger partial charge in [-0.3, -0.25) is 9.69 Å². The molecule has 1 aliphatic heterocycles. The van der Waals surface area contributed by atoms with Crippen molar-refractivity contribution >= 4 is 20.3 Å². The average Bonchev–Trinajstić information content (AvgIpc) is 2.84. The van der Waals surface area contributed by atoms with Crippen LogP contribution in [0, 0.1) is 11.7 Å². The molecule has 2 aromatic rings. The highest BCUT2D eigenvalue weighted by molar-refractivity contribution is 7.27. The Balaban J connectivity index is 1.50. The summed E-state index contributed by atoms with van der Waals surface area (Å²) in [5.74, 6) is 0.295. The maximum atomic E-state index is 13.9. The molecule has 0 spiro atoms. The van der Waals surface area contributed by atoms with Gasteiger partial charge in [-0.2, -0.15) is 0 Å². The summed E-state index contributed by atoms with van der Waals surface area (Å²) in [7, 11) is 2.53. The molecule has 2 unspecified atom stereocenters. The molecule has 3 rings (SSSR count). The fourth-order valence-corrected chi connectivity index (χ4v) is 4.13. The minimum absolute atomic E-state index is 0.153. The Bertz CT molecular complexity index is 714. The lowest BCUT2D eigenvalue weighted by atomic mass is 9.92. The molecule has 138 valence electrons. The molecule has 0 amide bonds. The first-order chi connectivity index (χ1) is 12.6. The molecule has 0 aliphatic carbocycles. The number of ketones is 1. The van der Waals surface area contributed by atoms with Gasteiger partial charge in [0, 0.05) is 24.9 Å². The summed E-state index contributed by atoms with van der Waals surface area (Å²) in [6.45, 7) is 3.09. The van der Waals surface area contributed by atoms with Crippen molar-refractivity contribution in [2.45, 2.75) is 38.6 Å². The van der Waals surface area contributed by atoms with Crippen molar-refractivity contribution in [3.8, 4) is 0 Å². The summed E-state index contributed by atoms with van der Waals surface area (Å²) in [5.41, 5.74) is 1.87. The van der Waals surface area contributed by atoms with Crippen LogP contribution in [0.25, 0.3) is 0 Å². The average molecular weight is 371 g/mol. The largest absolute Gasteiger partial charge is 0.299 e. The lowest BCUT2D eigenvalue weighted by molar-refractivity contribution is -0.119. The molecule has 1 aliphatic rings. The van der Waals surface area contributed by atoms with Crippen molar-refractivity contribution in [2.75, 3.05) is 13.1 Å². The van der Waals surface area contributed by atoms with Crippen molar-refractivity contribution in [1.82, 2.24) is 4.90 Å². The van der Waals surface area contributed by atoms with Gasteiger partial charge in [0.05, 0.1) is 0 Å². The van der Waals surface area contributed by atoms with Gasteiger partial charge >= 0.3 is 0 Å². The van der Waals surface area contributed by atoms with E-state index in [1.807, 2.05) is 12.1 Å². The van der Waals surface area contributed by atoms with Crippen LogP contribution in [0.4, 0.5) is 4.39 Å². The maximum Gasteiger partial charge on any atom is 0.137 e. The predicted octanol–water partition coefficient (Wildman–Crippen LogP) is 4.13. The quantitative estimate of drug-likeness (QED) is 0.712. The molecular weight excluding hydrogens is 344 g/mol. The molecule has 1 fully saturated rings. The summed E-state index contributed by atoms with van der Waals surface area (Å²) in [6, 6.07) is 15.5. The van der Waals surface area contributed by atoms with E-state index in [1.54, 1.807) is 6.07 Å². The van der Waals surface area contributed by atoms with Gasteiger partial charge in [0.25, 0.3) is 0 Å². The number of likely N-dealkylation sites (tertiary alicyclic amines) is 1. The van der Waals surface area contributed by atoms with Gasteiger partial charge in [-0.05, 0) is 55.2 Å². The van der Waals surface area contributed by atoms with Gasteiger partial charge in [0.2, 0.25) is 0 Å². The fourth-order valence-electron chi connectivity index (χ4n) is 3.78. The van der Waals surface area contributed by atoms with Crippen molar-refractivity contribution in [2.24, 2.45) is 5.92 Å². The molecule has 0 bridgehead atoms. The first-order valence-electron chi connectivity index (χ1n) is 9.42. The first-order valence-corrected chi connectivity index (χ1v) is 10.0. The molecule has 0 radical (unpaired) electrons. The van der Waals surface area contributed by atoms with Gasteiger partial charge in [0.1, 0.15) is 11.6 Å². The standard InChI is InChI=1S/C22H27FNOP/c23-21-9-4-10-22(26)20(21)15-19(25)14-17-8-5-12-24(13-11-17)16-18-6-2-1-3-7-18/h1-4,6-7,9-10,17H,5,8,11-16,26H2. The number of hydrogen-bond donors (Lipinski definition) is 0. The Morgan fingerprint density at radius 1 is 1.08 bits per heavy atom. The summed E-state index contributed by atoms with van der Waals surface area (Å²) in [4.78, 5) is 15.0. The number of halogens is 1. The van der Waals surface area contributed by atoms with Crippen molar-refractivity contribution in [3.63, 3.8) is 0 Å². The molecule has 2 aromatic carbocycles. The van der Waals surface area contributed by atoms with Crippen molar-refractivity contribution < 1.29 is 9.18 Å². The van der Waals surface area contributed by atoms with E-state index < -0.39 is 0 Å². The number of nitrogens with zero attached hydrogens (tertiary/aromatic N) is 1. The lowest BCUT2D eigenvalue weighted by Gasteiger charge is -2.20. The Kier molecular flexibility index (Phi) is 6.93. The second-order valence-corrected chi connectivity index (χ2v) is 7.91. The zero-order valence-corrected chi connectivity index (χ0v) is 16.3. The number of Topliss-reactive ketones (excluding diaryl/α,β-unsaturated/α-hetero) is 1. The summed E-state index contributed by atoms with van der Waals surface area (Å²) >= 11 is 0. The molecule has 1 saturated heterocycles. The number of hydrogen-bond acceptors (Lipinski definition) is 2. The van der Waals surface area contributed by atoms with Gasteiger partial charge in [-0.25, -0.2) is 4.39 Å². The Morgan fingerprint density at radius 3 is 2.65 bits per heavy atom. The van der Waals surface area contributed by atoms with Crippen molar-refractivity contribution in [3.05, 3.63) is 65.5 Å². The van der Waals surface area contributed by atoms with E-state index in [-0.39, 0.29) is 18.0 Å². The molecule has 0 aromatic heterocycles. The Morgan fingerprint density at radius 2 is 1.88 bits per heavy atom. The summed E-state index contributed by atoms with van der Waals surface area (Å²) < 4.78 is 13.9. The van der Waals surface area contributed by atoms with E-state index in [9.17, 15) is 9.18 Å². The number of benzene rings is 2. The highest BCUT2D eigenvalue weighted by atomic mass is 31.0. The van der Waals surface area contributed by atoms with Gasteiger partial charge in [-0.1, -0.05) is 42.5 Å². The number of carbonyl (C=O) groups excluding carboxylic acids is 1. The van der Waals surface area contributed by atoms with E-state index in [0.717, 1.165) is 44.2 Å². The zero-order valence-electron chi connectivity index (χ0n) is 15.2. The van der Waals surface area contributed by atoms with Gasteiger partial charge in [-0.15, -0.1) is 9.24 Å². The molecule has 26 heavy (non-hydrogen) atoms. The van der Waals surface area contributed by atoms with Crippen LogP contribution < -0.4 is 5.30 Å². The SMILES string of the molecule is O=C(Cc1c(F)cccc1P)CC1CCCN(Cc2ccccc2)CC1. The van der Waals surface area contributed by atoms with Crippen LogP contribution in [0.5, 0.6) is 0 Å². The van der Waals surface area contributed by atoms with Crippen LogP contribution in [0.1, 0.15) is 36.8 Å². The Hall–Kier alpha value is -1.57. The van der Waals surface area contributed by atoms with E-state index in [1.165, 1.54) is 11.6 Å². The van der Waals surface area contributed by atoms with Crippen LogP contribution >= 0.6 is 9.24 Å². The lowest BCUT2D eigenvalue weighted by Crippen LogP contribution is -2.24. The minimum atomic E-state index is -0.277. The third kappa shape index (κ3) is 5.46. The Labute approximate surface area is 158 Å². The third-order valence-electron chi connectivity index (χ3n) is 5.23. The number of rotatable bonds is 6. The minimum Gasteiger partial charge on any atom is -0.299 e. The zero-order chi connectivity index (χ0) is 18.4. The predicted molar refractivity (Wildman–Crippen MR) is 108 cm³/mol. The van der Waals surface area contributed by atoms with Crippen molar-refractivity contribution in [1.29, 1.82) is 0 Å². The van der Waals surface area contributed by atoms with E-state index >= 15 is 0 Å². The van der Waals surface area contributed by atoms with E-state index in [0.29, 0.717) is 17.9 Å². The molecule has 2 atom stereocenters. The summed E-state index contributed by atoms with van der Waals surface area (Å²) in [6.07, 6.45) is 4.03. The second kappa shape index (κ2) is 9.39. The molecule has 1 heterocycles. The highest BCUT2D eigenvalue weighted by Gasteiger charge is 2.20. The van der Waals surface area contributed by atoms with Gasteiger partial charge in [0.15, 0.2) is 0 Å². The van der Waals surface area contributed by atoms with Crippen LogP contribution in [0.15, 0.2) is 48.5 Å². The molecule has 4 heteroatoms. The number of carbonyl (C=O) groups is 1. The van der Waals surface area contributed by atoms with Gasteiger partial charge < -0.3 is 0 Å².